The van der Waals surface area contributed by atoms with E-state index >= 15 is 0 Å². The molecule has 0 aliphatic carbocycles. The molecule has 0 unspecified atom stereocenters. The zero-order valence-corrected chi connectivity index (χ0v) is 18.1. The summed E-state index contributed by atoms with van der Waals surface area (Å²) >= 11 is 1.69. The highest BCUT2D eigenvalue weighted by atomic mass is 32.2. The fraction of sp³-hybridized carbons (Fsp3) is 0.160. The Morgan fingerprint density at radius 2 is 1.74 bits per heavy atom. The highest BCUT2D eigenvalue weighted by Gasteiger charge is 2.11. The van der Waals surface area contributed by atoms with Gasteiger partial charge in [0, 0.05) is 22.2 Å². The van der Waals surface area contributed by atoms with Crippen molar-refractivity contribution in [2.75, 3.05) is 12.9 Å². The van der Waals surface area contributed by atoms with Gasteiger partial charge in [-0.2, -0.15) is 0 Å². The Morgan fingerprint density at radius 3 is 2.55 bits per heavy atom. The van der Waals surface area contributed by atoms with Crippen LogP contribution in [0.25, 0.3) is 11.2 Å². The number of benzene rings is 2. The predicted molar refractivity (Wildman–Crippen MR) is 123 cm³/mol. The van der Waals surface area contributed by atoms with Gasteiger partial charge in [0.2, 0.25) is 5.88 Å². The summed E-state index contributed by atoms with van der Waals surface area (Å²) in [5.74, 6) is 7.46. The number of nitrogens with zero attached hydrogens (tertiary/aromatic N) is 3. The van der Waals surface area contributed by atoms with Gasteiger partial charge in [-0.05, 0) is 61.6 Å². The molecule has 31 heavy (non-hydrogen) atoms. The van der Waals surface area contributed by atoms with Crippen molar-refractivity contribution < 1.29 is 9.47 Å². The Balaban J connectivity index is 1.65. The molecule has 0 saturated carbocycles. The first-order valence-electron chi connectivity index (χ1n) is 9.89. The summed E-state index contributed by atoms with van der Waals surface area (Å²) < 4.78 is 11.6. The van der Waals surface area contributed by atoms with Crippen LogP contribution >= 0.6 is 11.8 Å². The van der Waals surface area contributed by atoms with Gasteiger partial charge in [-0.25, -0.2) is 15.0 Å². The molecule has 0 atom stereocenters. The van der Waals surface area contributed by atoms with Crippen LogP contribution in [0, 0.1) is 11.8 Å². The largest absolute Gasteiger partial charge is 0.494 e. The van der Waals surface area contributed by atoms with Gasteiger partial charge in [-0.15, -0.1) is 11.8 Å². The summed E-state index contributed by atoms with van der Waals surface area (Å²) in [5.41, 5.74) is 3.61. The van der Waals surface area contributed by atoms with Crippen LogP contribution in [0.1, 0.15) is 23.7 Å². The van der Waals surface area contributed by atoms with Crippen molar-refractivity contribution in [3.8, 4) is 23.5 Å². The average Bonchev–Trinajstić information content (AvgIpc) is 2.82. The van der Waals surface area contributed by atoms with Crippen molar-refractivity contribution in [1.82, 2.24) is 15.0 Å². The van der Waals surface area contributed by atoms with Crippen molar-refractivity contribution in [2.24, 2.45) is 0 Å². The number of ether oxygens (including phenoxy) is 2. The molecule has 2 heterocycles. The van der Waals surface area contributed by atoms with Gasteiger partial charge < -0.3 is 9.47 Å². The lowest BCUT2D eigenvalue weighted by molar-refractivity contribution is 0.290. The molecule has 154 valence electrons. The monoisotopic (exact) mass is 427 g/mol. The normalized spacial score (nSPS) is 10.4. The summed E-state index contributed by atoms with van der Waals surface area (Å²) in [5, 5.41) is 0. The van der Waals surface area contributed by atoms with E-state index in [4.69, 9.17) is 9.47 Å². The third-order valence-corrected chi connectivity index (χ3v) is 5.29. The smallest absolute Gasteiger partial charge is 0.250 e. The standard InChI is InChI=1S/C25H21N3O2S/c1-3-29-20-13-10-18(11-14-20)12-15-22-25(28-21-8-6-16-26-24(21)27-22)30-17-19-7-4-5-9-23(19)31-2/h4-11,13-14,16H,3,17H2,1-2H3. The van der Waals surface area contributed by atoms with E-state index in [-0.39, 0.29) is 0 Å². The minimum atomic E-state index is 0.384. The van der Waals surface area contributed by atoms with Crippen LogP contribution in [0.4, 0.5) is 0 Å². The Kier molecular flexibility index (Phi) is 6.65. The SMILES string of the molecule is CCOc1ccc(C#Cc2nc3ncccc3nc2OCc2ccccc2SC)cc1. The summed E-state index contributed by atoms with van der Waals surface area (Å²) in [7, 11) is 0. The summed E-state index contributed by atoms with van der Waals surface area (Å²) in [6, 6.07) is 19.5. The minimum Gasteiger partial charge on any atom is -0.494 e. The molecule has 0 bridgehead atoms. The van der Waals surface area contributed by atoms with Crippen LogP contribution in [0.5, 0.6) is 11.6 Å². The van der Waals surface area contributed by atoms with Crippen LogP contribution in [-0.4, -0.2) is 27.8 Å². The molecule has 4 aromatic rings. The van der Waals surface area contributed by atoms with E-state index in [2.05, 4.69) is 32.9 Å². The zero-order chi connectivity index (χ0) is 21.5. The Morgan fingerprint density at radius 1 is 0.903 bits per heavy atom. The maximum Gasteiger partial charge on any atom is 0.250 e. The topological polar surface area (TPSA) is 57.1 Å². The van der Waals surface area contributed by atoms with Gasteiger partial charge in [0.1, 0.15) is 17.9 Å². The third kappa shape index (κ3) is 5.14. The summed E-state index contributed by atoms with van der Waals surface area (Å²) in [6.07, 6.45) is 3.74. The van der Waals surface area contributed by atoms with Crippen LogP contribution in [0.3, 0.4) is 0 Å². The molecule has 2 aromatic heterocycles. The first-order valence-corrected chi connectivity index (χ1v) is 11.1. The van der Waals surface area contributed by atoms with Gasteiger partial charge in [0.25, 0.3) is 0 Å². The number of aromatic nitrogens is 3. The average molecular weight is 428 g/mol. The van der Waals surface area contributed by atoms with Gasteiger partial charge in [0.15, 0.2) is 11.3 Å². The molecule has 0 radical (unpaired) electrons. The van der Waals surface area contributed by atoms with Gasteiger partial charge in [-0.1, -0.05) is 24.1 Å². The summed E-state index contributed by atoms with van der Waals surface area (Å²) in [6.45, 7) is 2.97. The van der Waals surface area contributed by atoms with E-state index < -0.39 is 0 Å². The molecule has 6 heteroatoms. The molecule has 0 aliphatic rings. The molecular weight excluding hydrogens is 406 g/mol. The molecule has 5 nitrogen and oxygen atoms in total. The number of hydrogen-bond acceptors (Lipinski definition) is 6. The Bertz CT molecular complexity index is 1250. The minimum absolute atomic E-state index is 0.384. The molecule has 4 rings (SSSR count). The third-order valence-electron chi connectivity index (χ3n) is 4.46. The number of pyridine rings is 1. The highest BCUT2D eigenvalue weighted by molar-refractivity contribution is 7.98. The highest BCUT2D eigenvalue weighted by Crippen LogP contribution is 2.23. The van der Waals surface area contributed by atoms with E-state index in [0.29, 0.717) is 36.0 Å². The lowest BCUT2D eigenvalue weighted by Gasteiger charge is -2.10. The predicted octanol–water partition coefficient (Wildman–Crippen LogP) is 5.12. The maximum absolute atomic E-state index is 6.08. The maximum atomic E-state index is 6.08. The quantitative estimate of drug-likeness (QED) is 0.314. The fourth-order valence-electron chi connectivity index (χ4n) is 2.96. The lowest BCUT2D eigenvalue weighted by Crippen LogP contribution is -2.03. The molecule has 0 fully saturated rings. The second-order valence-electron chi connectivity index (χ2n) is 6.53. The first-order chi connectivity index (χ1) is 15.3. The zero-order valence-electron chi connectivity index (χ0n) is 17.3. The second-order valence-corrected chi connectivity index (χ2v) is 7.38. The van der Waals surface area contributed by atoms with Crippen molar-refractivity contribution in [1.29, 1.82) is 0 Å². The van der Waals surface area contributed by atoms with Gasteiger partial charge in [0.05, 0.1) is 6.61 Å². The molecule has 0 N–H and O–H groups in total. The number of hydrogen-bond donors (Lipinski definition) is 0. The first kappa shape index (κ1) is 20.7. The second kappa shape index (κ2) is 9.96. The van der Waals surface area contributed by atoms with Crippen molar-refractivity contribution in [3.63, 3.8) is 0 Å². The van der Waals surface area contributed by atoms with Crippen molar-refractivity contribution in [3.05, 3.63) is 83.7 Å². The van der Waals surface area contributed by atoms with Crippen LogP contribution in [0.15, 0.2) is 71.8 Å². The molecule has 2 aromatic carbocycles. The number of thioether (sulfide) groups is 1. The van der Waals surface area contributed by atoms with Crippen LogP contribution < -0.4 is 9.47 Å². The molecule has 0 amide bonds. The molecule has 0 spiro atoms. The van der Waals surface area contributed by atoms with Gasteiger partial charge in [-0.3, -0.25) is 0 Å². The summed E-state index contributed by atoms with van der Waals surface area (Å²) in [4.78, 5) is 14.7. The van der Waals surface area contributed by atoms with E-state index in [1.807, 2.05) is 67.8 Å². The number of fused-ring (bicyclic) bond motifs is 1. The molecule has 0 aliphatic heterocycles. The van der Waals surface area contributed by atoms with E-state index in [0.717, 1.165) is 16.9 Å². The van der Waals surface area contributed by atoms with E-state index in [9.17, 15) is 0 Å². The van der Waals surface area contributed by atoms with Crippen LogP contribution in [-0.2, 0) is 6.61 Å². The molecule has 0 saturated heterocycles. The molecular formula is C25H21N3O2S. The Labute approximate surface area is 185 Å². The van der Waals surface area contributed by atoms with E-state index in [1.54, 1.807) is 18.0 Å². The van der Waals surface area contributed by atoms with E-state index in [1.165, 1.54) is 4.90 Å². The Hall–Kier alpha value is -3.56. The van der Waals surface area contributed by atoms with Crippen LogP contribution in [0.2, 0.25) is 0 Å². The fourth-order valence-corrected chi connectivity index (χ4v) is 3.56. The number of rotatable bonds is 6. The van der Waals surface area contributed by atoms with Gasteiger partial charge >= 0.3 is 0 Å². The lowest BCUT2D eigenvalue weighted by atomic mass is 10.2. The van der Waals surface area contributed by atoms with Crippen molar-refractivity contribution in [2.45, 2.75) is 18.4 Å². The van der Waals surface area contributed by atoms with Crippen molar-refractivity contribution >= 4 is 22.9 Å².